The van der Waals surface area contributed by atoms with E-state index in [2.05, 4.69) is 35.9 Å². The van der Waals surface area contributed by atoms with Gasteiger partial charge in [0.2, 0.25) is 5.91 Å². The molecule has 106 valence electrons. The summed E-state index contributed by atoms with van der Waals surface area (Å²) in [6.07, 6.45) is 2.27. The number of amides is 2. The SMILES string of the molecule is COC(=O)Nc1cn(CC(=O)Nc2cn[nH]c2C)nn1. The molecule has 0 fully saturated rings. The minimum atomic E-state index is -0.657. The van der Waals surface area contributed by atoms with Crippen LogP contribution in [0.1, 0.15) is 5.69 Å². The zero-order valence-corrected chi connectivity index (χ0v) is 10.9. The summed E-state index contributed by atoms with van der Waals surface area (Å²) in [5, 5.41) is 18.9. The van der Waals surface area contributed by atoms with Crippen molar-refractivity contribution in [3.63, 3.8) is 0 Å². The van der Waals surface area contributed by atoms with Crippen molar-refractivity contribution in [1.82, 2.24) is 25.2 Å². The maximum atomic E-state index is 11.8. The fourth-order valence-corrected chi connectivity index (χ4v) is 1.40. The zero-order chi connectivity index (χ0) is 14.5. The summed E-state index contributed by atoms with van der Waals surface area (Å²) < 4.78 is 5.70. The number of rotatable bonds is 4. The molecule has 3 N–H and O–H groups in total. The van der Waals surface area contributed by atoms with E-state index in [1.165, 1.54) is 24.2 Å². The van der Waals surface area contributed by atoms with Gasteiger partial charge in [-0.25, -0.2) is 9.48 Å². The predicted molar refractivity (Wildman–Crippen MR) is 68.0 cm³/mol. The van der Waals surface area contributed by atoms with Crippen LogP contribution in [0.2, 0.25) is 0 Å². The van der Waals surface area contributed by atoms with Gasteiger partial charge in [0.25, 0.3) is 0 Å². The minimum Gasteiger partial charge on any atom is -0.453 e. The third kappa shape index (κ3) is 3.31. The molecule has 0 saturated carbocycles. The van der Waals surface area contributed by atoms with E-state index in [1.54, 1.807) is 6.92 Å². The molecule has 2 amide bonds. The molecule has 0 radical (unpaired) electrons. The maximum absolute atomic E-state index is 11.8. The molecule has 0 bridgehead atoms. The molecule has 0 spiro atoms. The van der Waals surface area contributed by atoms with Crippen LogP contribution < -0.4 is 10.6 Å². The molecule has 2 heterocycles. The molecule has 20 heavy (non-hydrogen) atoms. The van der Waals surface area contributed by atoms with E-state index in [-0.39, 0.29) is 18.3 Å². The van der Waals surface area contributed by atoms with Crippen molar-refractivity contribution in [1.29, 1.82) is 0 Å². The predicted octanol–water partition coefficient (Wildman–Crippen LogP) is 0.127. The van der Waals surface area contributed by atoms with Gasteiger partial charge in [0.15, 0.2) is 5.82 Å². The van der Waals surface area contributed by atoms with Gasteiger partial charge >= 0.3 is 6.09 Å². The zero-order valence-electron chi connectivity index (χ0n) is 10.9. The van der Waals surface area contributed by atoms with Gasteiger partial charge in [0.1, 0.15) is 6.54 Å². The van der Waals surface area contributed by atoms with Crippen LogP contribution in [0.4, 0.5) is 16.3 Å². The highest BCUT2D eigenvalue weighted by Gasteiger charge is 2.10. The van der Waals surface area contributed by atoms with E-state index in [0.29, 0.717) is 5.69 Å². The Morgan fingerprint density at radius 1 is 1.45 bits per heavy atom. The molecule has 10 nitrogen and oxygen atoms in total. The molecule has 0 aliphatic rings. The summed E-state index contributed by atoms with van der Waals surface area (Å²) in [6.45, 7) is 1.75. The van der Waals surface area contributed by atoms with Crippen molar-refractivity contribution in [3.8, 4) is 0 Å². The number of nitrogens with one attached hydrogen (secondary N) is 3. The average molecular weight is 279 g/mol. The van der Waals surface area contributed by atoms with Crippen LogP contribution in [0.3, 0.4) is 0 Å². The molecular formula is C10H13N7O3. The van der Waals surface area contributed by atoms with Crippen LogP contribution in [0, 0.1) is 6.92 Å². The highest BCUT2D eigenvalue weighted by atomic mass is 16.5. The quantitative estimate of drug-likeness (QED) is 0.729. The number of carbonyl (C=O) groups excluding carboxylic acids is 2. The first kappa shape index (κ1) is 13.5. The van der Waals surface area contributed by atoms with E-state index < -0.39 is 6.09 Å². The third-order valence-corrected chi connectivity index (χ3v) is 2.36. The van der Waals surface area contributed by atoms with Crippen molar-refractivity contribution < 1.29 is 14.3 Å². The second-order valence-corrected chi connectivity index (χ2v) is 3.87. The highest BCUT2D eigenvalue weighted by Crippen LogP contribution is 2.09. The molecular weight excluding hydrogens is 266 g/mol. The van der Waals surface area contributed by atoms with Crippen molar-refractivity contribution in [3.05, 3.63) is 18.1 Å². The van der Waals surface area contributed by atoms with E-state index >= 15 is 0 Å². The largest absolute Gasteiger partial charge is 0.453 e. The van der Waals surface area contributed by atoms with Crippen molar-refractivity contribution in [2.24, 2.45) is 0 Å². The van der Waals surface area contributed by atoms with Gasteiger partial charge in [-0.05, 0) is 6.92 Å². The first-order chi connectivity index (χ1) is 9.58. The topological polar surface area (TPSA) is 127 Å². The summed E-state index contributed by atoms with van der Waals surface area (Å²) in [4.78, 5) is 22.7. The molecule has 0 saturated heterocycles. The van der Waals surface area contributed by atoms with Gasteiger partial charge < -0.3 is 10.1 Å². The smallest absolute Gasteiger partial charge is 0.412 e. The molecule has 0 unspecified atom stereocenters. The van der Waals surface area contributed by atoms with E-state index in [4.69, 9.17) is 0 Å². The Hall–Kier alpha value is -2.91. The minimum absolute atomic E-state index is 0.0412. The number of nitrogens with zero attached hydrogens (tertiary/aromatic N) is 4. The van der Waals surface area contributed by atoms with Crippen LogP contribution >= 0.6 is 0 Å². The van der Waals surface area contributed by atoms with Crippen LogP contribution in [-0.4, -0.2) is 44.3 Å². The number of aryl methyl sites for hydroxylation is 1. The second kappa shape index (κ2) is 5.82. The molecule has 2 aromatic rings. The molecule has 2 rings (SSSR count). The Morgan fingerprint density at radius 3 is 2.90 bits per heavy atom. The first-order valence-electron chi connectivity index (χ1n) is 5.63. The van der Waals surface area contributed by atoms with Crippen molar-refractivity contribution >= 4 is 23.5 Å². The van der Waals surface area contributed by atoms with E-state index in [1.807, 2.05) is 0 Å². The van der Waals surface area contributed by atoms with Gasteiger partial charge in [0.05, 0.1) is 30.9 Å². The molecule has 0 aliphatic heterocycles. The van der Waals surface area contributed by atoms with E-state index in [0.717, 1.165) is 5.69 Å². The van der Waals surface area contributed by atoms with Crippen LogP contribution in [0.5, 0.6) is 0 Å². The lowest BCUT2D eigenvalue weighted by Crippen LogP contribution is -2.19. The standard InChI is InChI=1S/C10H13N7O3/c1-6-7(3-11-14-6)12-9(18)5-17-4-8(15-16-17)13-10(19)20-2/h3-4H,5H2,1-2H3,(H,11,14)(H,12,18)(H,13,19). The number of aromatic amines is 1. The Bertz CT molecular complexity index is 618. The fraction of sp³-hybridized carbons (Fsp3) is 0.300. The Morgan fingerprint density at radius 2 is 2.25 bits per heavy atom. The van der Waals surface area contributed by atoms with Crippen molar-refractivity contribution in [2.75, 3.05) is 17.7 Å². The molecule has 0 aromatic carbocycles. The summed E-state index contributed by atoms with van der Waals surface area (Å²) in [5.74, 6) is -0.0897. The van der Waals surface area contributed by atoms with Crippen LogP contribution in [0.15, 0.2) is 12.4 Å². The summed E-state index contributed by atoms with van der Waals surface area (Å²) >= 11 is 0. The Kier molecular flexibility index (Phi) is 3.93. The second-order valence-electron chi connectivity index (χ2n) is 3.87. The van der Waals surface area contributed by atoms with Crippen LogP contribution in [0.25, 0.3) is 0 Å². The first-order valence-corrected chi connectivity index (χ1v) is 5.63. The average Bonchev–Trinajstić information content (AvgIpc) is 3.00. The van der Waals surface area contributed by atoms with Gasteiger partial charge in [-0.15, -0.1) is 5.10 Å². The van der Waals surface area contributed by atoms with Gasteiger partial charge in [-0.1, -0.05) is 5.21 Å². The number of anilines is 2. The summed E-state index contributed by atoms with van der Waals surface area (Å²) in [6, 6.07) is 0. The number of hydrogen-bond donors (Lipinski definition) is 3. The number of aromatic nitrogens is 5. The van der Waals surface area contributed by atoms with Crippen molar-refractivity contribution in [2.45, 2.75) is 13.5 Å². The Labute approximate surface area is 113 Å². The number of carbonyl (C=O) groups is 2. The summed E-state index contributed by atoms with van der Waals surface area (Å²) in [5.41, 5.74) is 1.35. The van der Waals surface area contributed by atoms with Crippen LogP contribution in [-0.2, 0) is 16.1 Å². The lowest BCUT2D eigenvalue weighted by atomic mass is 10.4. The number of methoxy groups -OCH3 is 1. The third-order valence-electron chi connectivity index (χ3n) is 2.36. The van der Waals surface area contributed by atoms with E-state index in [9.17, 15) is 9.59 Å². The fourth-order valence-electron chi connectivity index (χ4n) is 1.40. The highest BCUT2D eigenvalue weighted by molar-refractivity contribution is 5.91. The van der Waals surface area contributed by atoms with Gasteiger partial charge in [-0.2, -0.15) is 5.10 Å². The van der Waals surface area contributed by atoms with Gasteiger partial charge in [-0.3, -0.25) is 15.2 Å². The normalized spacial score (nSPS) is 10.1. The Balaban J connectivity index is 1.91. The molecule has 10 heteroatoms. The molecule has 0 atom stereocenters. The molecule has 2 aromatic heterocycles. The lowest BCUT2D eigenvalue weighted by Gasteiger charge is -2.02. The number of ether oxygens (including phenoxy) is 1. The van der Waals surface area contributed by atoms with Gasteiger partial charge in [0, 0.05) is 0 Å². The monoisotopic (exact) mass is 279 g/mol. The number of hydrogen-bond acceptors (Lipinski definition) is 6. The lowest BCUT2D eigenvalue weighted by molar-refractivity contribution is -0.116. The maximum Gasteiger partial charge on any atom is 0.412 e. The number of H-pyrrole nitrogens is 1. The molecule has 0 aliphatic carbocycles. The summed E-state index contributed by atoms with van der Waals surface area (Å²) in [7, 11) is 1.24.